The average Bonchev–Trinajstić information content (AvgIpc) is 3.10. The molecular formula is C22H22N2O7S. The number of carbonyl (C=O) groups excluding carboxylic acids is 1. The van der Waals surface area contributed by atoms with Gasteiger partial charge in [0.15, 0.2) is 5.75 Å². The van der Waals surface area contributed by atoms with Gasteiger partial charge >= 0.3 is 5.69 Å². The fourth-order valence-electron chi connectivity index (χ4n) is 4.14. The molecule has 1 aromatic heterocycles. The van der Waals surface area contributed by atoms with E-state index in [0.717, 1.165) is 49.0 Å². The Kier molecular flexibility index (Phi) is 5.41. The molecule has 32 heavy (non-hydrogen) atoms. The quantitative estimate of drug-likeness (QED) is 0.415. The number of nitrogens with zero attached hydrogens (tertiary/aromatic N) is 2. The number of amides is 1. The van der Waals surface area contributed by atoms with Gasteiger partial charge in [0.2, 0.25) is 5.91 Å². The molecule has 0 radical (unpaired) electrons. The van der Waals surface area contributed by atoms with Crippen molar-refractivity contribution in [3.63, 3.8) is 0 Å². The van der Waals surface area contributed by atoms with Gasteiger partial charge in [0.1, 0.15) is 11.3 Å². The van der Waals surface area contributed by atoms with Crippen LogP contribution in [0.5, 0.6) is 5.75 Å². The Hall–Kier alpha value is -3.40. The second-order valence-electron chi connectivity index (χ2n) is 7.91. The van der Waals surface area contributed by atoms with Crippen LogP contribution in [0, 0.1) is 16.0 Å². The summed E-state index contributed by atoms with van der Waals surface area (Å²) in [4.78, 5) is 22.7. The van der Waals surface area contributed by atoms with Gasteiger partial charge in [-0.2, -0.15) is 0 Å². The molecule has 1 amide bonds. The number of sulfonamides is 1. The molecule has 4 rings (SSSR count). The van der Waals surface area contributed by atoms with E-state index in [2.05, 4.69) is 6.92 Å². The van der Waals surface area contributed by atoms with Crippen molar-refractivity contribution in [1.82, 2.24) is 0 Å². The topological polar surface area (TPSA) is 120 Å². The second-order valence-corrected chi connectivity index (χ2v) is 9.70. The molecule has 10 heteroatoms. The van der Waals surface area contributed by atoms with E-state index in [-0.39, 0.29) is 16.3 Å². The van der Waals surface area contributed by atoms with Crippen molar-refractivity contribution in [3.05, 3.63) is 57.8 Å². The number of methoxy groups -OCH3 is 1. The van der Waals surface area contributed by atoms with Crippen molar-refractivity contribution in [1.29, 1.82) is 0 Å². The van der Waals surface area contributed by atoms with Crippen molar-refractivity contribution >= 4 is 38.3 Å². The number of hydrogen-bond donors (Lipinski definition) is 0. The first kappa shape index (κ1) is 21.8. The summed E-state index contributed by atoms with van der Waals surface area (Å²) in [6.45, 7) is 3.28. The highest BCUT2D eigenvalue weighted by Crippen LogP contribution is 2.37. The van der Waals surface area contributed by atoms with E-state index in [1.807, 2.05) is 0 Å². The maximum Gasteiger partial charge on any atom is 0.312 e. The molecule has 0 N–H and O–H groups in total. The lowest BCUT2D eigenvalue weighted by Gasteiger charge is -2.21. The first-order valence-electron chi connectivity index (χ1n) is 10.1. The number of rotatable bonds is 5. The zero-order valence-electron chi connectivity index (χ0n) is 17.8. The van der Waals surface area contributed by atoms with Crippen molar-refractivity contribution in [2.75, 3.05) is 11.4 Å². The largest absolute Gasteiger partial charge is 0.490 e. The lowest BCUT2D eigenvalue weighted by Crippen LogP contribution is -2.35. The van der Waals surface area contributed by atoms with Crippen molar-refractivity contribution in [2.24, 2.45) is 5.92 Å². The van der Waals surface area contributed by atoms with Crippen LogP contribution in [0.3, 0.4) is 0 Å². The SMILES string of the molecule is COc1ccc(S(=O)(=O)N(C(C)=O)c2ccc3oc4c(c3c2)CC(C)CC4)cc1[N+](=O)[O-]. The molecule has 3 aromatic rings. The molecule has 0 aliphatic heterocycles. The van der Waals surface area contributed by atoms with Crippen LogP contribution in [0.4, 0.5) is 11.4 Å². The van der Waals surface area contributed by atoms with Crippen molar-refractivity contribution < 1.29 is 27.3 Å². The fourth-order valence-corrected chi connectivity index (χ4v) is 5.58. The third-order valence-electron chi connectivity index (χ3n) is 5.68. The van der Waals surface area contributed by atoms with Gasteiger partial charge in [-0.05, 0) is 49.1 Å². The fraction of sp³-hybridized carbons (Fsp3) is 0.318. The zero-order chi connectivity index (χ0) is 23.2. The monoisotopic (exact) mass is 458 g/mol. The number of hydrogen-bond acceptors (Lipinski definition) is 7. The summed E-state index contributed by atoms with van der Waals surface area (Å²) in [7, 11) is -3.17. The Morgan fingerprint density at radius 1 is 1.25 bits per heavy atom. The van der Waals surface area contributed by atoms with Gasteiger partial charge in [-0.1, -0.05) is 6.92 Å². The van der Waals surface area contributed by atoms with Gasteiger partial charge in [-0.25, -0.2) is 12.7 Å². The van der Waals surface area contributed by atoms with Crippen LogP contribution in [-0.2, 0) is 27.7 Å². The average molecular weight is 458 g/mol. The second kappa shape index (κ2) is 7.94. The van der Waals surface area contributed by atoms with E-state index >= 15 is 0 Å². The van der Waals surface area contributed by atoms with E-state index in [1.54, 1.807) is 12.1 Å². The predicted molar refractivity (Wildman–Crippen MR) is 117 cm³/mol. The van der Waals surface area contributed by atoms with Crippen molar-refractivity contribution in [2.45, 2.75) is 38.0 Å². The van der Waals surface area contributed by atoms with E-state index in [4.69, 9.17) is 9.15 Å². The molecule has 1 heterocycles. The summed E-state index contributed by atoms with van der Waals surface area (Å²) in [5.74, 6) is 0.537. The highest BCUT2D eigenvalue weighted by atomic mass is 32.2. The molecule has 168 valence electrons. The number of aryl methyl sites for hydroxylation is 1. The first-order valence-corrected chi connectivity index (χ1v) is 11.5. The van der Waals surface area contributed by atoms with E-state index in [9.17, 15) is 23.3 Å². The number of nitro benzene ring substituents is 1. The third kappa shape index (κ3) is 3.60. The number of nitro groups is 1. The number of furan rings is 1. The Balaban J connectivity index is 1.84. The van der Waals surface area contributed by atoms with Crippen LogP contribution in [-0.4, -0.2) is 26.4 Å². The highest BCUT2D eigenvalue weighted by Gasteiger charge is 2.32. The normalized spacial score (nSPS) is 15.9. The molecule has 1 aliphatic rings. The van der Waals surface area contributed by atoms with Gasteiger partial charge in [0, 0.05) is 30.4 Å². The number of fused-ring (bicyclic) bond motifs is 3. The lowest BCUT2D eigenvalue weighted by atomic mass is 9.88. The molecule has 0 saturated heterocycles. The summed E-state index contributed by atoms with van der Waals surface area (Å²) >= 11 is 0. The summed E-state index contributed by atoms with van der Waals surface area (Å²) in [6.07, 6.45) is 2.64. The summed E-state index contributed by atoms with van der Waals surface area (Å²) < 4.78 is 38.3. The smallest absolute Gasteiger partial charge is 0.312 e. The Labute approximate surface area is 184 Å². The van der Waals surface area contributed by atoms with Crippen LogP contribution in [0.1, 0.15) is 31.6 Å². The minimum absolute atomic E-state index is 0.0797. The predicted octanol–water partition coefficient (Wildman–Crippen LogP) is 4.22. The number of carbonyl (C=O) groups is 1. The number of anilines is 1. The highest BCUT2D eigenvalue weighted by molar-refractivity contribution is 7.93. The zero-order valence-corrected chi connectivity index (χ0v) is 18.6. The molecule has 0 fully saturated rings. The standard InChI is InChI=1S/C22H22N2O7S/c1-13-4-7-20-17(10-13)18-11-15(5-8-21(18)31-20)23(14(2)25)32(28,29)16-6-9-22(30-3)19(12-16)24(26)27/h5-6,8-9,11-13H,4,7,10H2,1-3H3. The molecular weight excluding hydrogens is 436 g/mol. The van der Waals surface area contributed by atoms with E-state index in [1.165, 1.54) is 25.3 Å². The van der Waals surface area contributed by atoms with Gasteiger partial charge < -0.3 is 9.15 Å². The van der Waals surface area contributed by atoms with Gasteiger partial charge in [0.25, 0.3) is 10.0 Å². The van der Waals surface area contributed by atoms with Crippen LogP contribution in [0.25, 0.3) is 11.0 Å². The van der Waals surface area contributed by atoms with E-state index in [0.29, 0.717) is 15.8 Å². The summed E-state index contributed by atoms with van der Waals surface area (Å²) in [5, 5.41) is 12.1. The van der Waals surface area contributed by atoms with Gasteiger partial charge in [-0.3, -0.25) is 14.9 Å². The Morgan fingerprint density at radius 2 is 2.00 bits per heavy atom. The third-order valence-corrected chi connectivity index (χ3v) is 7.48. The number of ether oxygens (including phenoxy) is 1. The minimum atomic E-state index is -4.42. The number of benzene rings is 2. The Bertz CT molecular complexity index is 1340. The Morgan fingerprint density at radius 3 is 2.66 bits per heavy atom. The molecule has 0 saturated carbocycles. The molecule has 1 atom stereocenters. The van der Waals surface area contributed by atoms with Gasteiger partial charge in [-0.15, -0.1) is 0 Å². The van der Waals surface area contributed by atoms with Crippen LogP contribution in [0.2, 0.25) is 0 Å². The maximum absolute atomic E-state index is 13.4. The summed E-state index contributed by atoms with van der Waals surface area (Å²) in [6, 6.07) is 8.04. The molecule has 2 aromatic carbocycles. The lowest BCUT2D eigenvalue weighted by molar-refractivity contribution is -0.386. The molecule has 1 unspecified atom stereocenters. The molecule has 1 aliphatic carbocycles. The van der Waals surface area contributed by atoms with Crippen LogP contribution >= 0.6 is 0 Å². The molecule has 0 bridgehead atoms. The minimum Gasteiger partial charge on any atom is -0.490 e. The summed E-state index contributed by atoms with van der Waals surface area (Å²) in [5.41, 5.74) is 1.30. The van der Waals surface area contributed by atoms with Crippen molar-refractivity contribution in [3.8, 4) is 5.75 Å². The molecule has 0 spiro atoms. The van der Waals surface area contributed by atoms with Gasteiger partial charge in [0.05, 0.1) is 22.6 Å². The van der Waals surface area contributed by atoms with Crippen LogP contribution in [0.15, 0.2) is 45.7 Å². The molecule has 9 nitrogen and oxygen atoms in total. The first-order chi connectivity index (χ1) is 15.1. The van der Waals surface area contributed by atoms with E-state index < -0.39 is 26.5 Å². The maximum atomic E-state index is 13.4. The van der Waals surface area contributed by atoms with Crippen LogP contribution < -0.4 is 9.04 Å².